The van der Waals surface area contributed by atoms with Crippen molar-refractivity contribution in [1.29, 1.82) is 5.26 Å². The standard InChI is InChI=1S/C20H18F2N2O2/c21-17-10-15(2-3-16(17)12-25)20(26)14-5-7-24(8-6-14)19-4-1-13(11-23)9-18(19)22/h1-4,9-10,14,25H,5-8,12H2. The van der Waals surface area contributed by atoms with Crippen molar-refractivity contribution in [3.8, 4) is 6.07 Å². The maximum atomic E-state index is 14.1. The van der Waals surface area contributed by atoms with Gasteiger partial charge in [0.2, 0.25) is 0 Å². The van der Waals surface area contributed by atoms with Gasteiger partial charge in [0.25, 0.3) is 0 Å². The summed E-state index contributed by atoms with van der Waals surface area (Å²) in [4.78, 5) is 14.4. The van der Waals surface area contributed by atoms with Crippen LogP contribution in [0.4, 0.5) is 14.5 Å². The molecule has 26 heavy (non-hydrogen) atoms. The van der Waals surface area contributed by atoms with Crippen molar-refractivity contribution in [2.75, 3.05) is 18.0 Å². The largest absolute Gasteiger partial charge is 0.392 e. The van der Waals surface area contributed by atoms with E-state index in [1.807, 2.05) is 11.0 Å². The molecule has 1 heterocycles. The number of carbonyl (C=O) groups is 1. The fraction of sp³-hybridized carbons (Fsp3) is 0.300. The first kappa shape index (κ1) is 18.0. The Kier molecular flexibility index (Phi) is 5.29. The summed E-state index contributed by atoms with van der Waals surface area (Å²) in [5.74, 6) is -1.41. The zero-order valence-corrected chi connectivity index (χ0v) is 14.1. The van der Waals surface area contributed by atoms with E-state index < -0.39 is 18.2 Å². The summed E-state index contributed by atoms with van der Waals surface area (Å²) < 4.78 is 27.9. The number of benzene rings is 2. The number of aliphatic hydroxyl groups excluding tert-OH is 1. The van der Waals surface area contributed by atoms with Crippen LogP contribution in [0.1, 0.15) is 34.3 Å². The first-order valence-electron chi connectivity index (χ1n) is 8.41. The van der Waals surface area contributed by atoms with Crippen LogP contribution in [-0.2, 0) is 6.61 Å². The van der Waals surface area contributed by atoms with Crippen molar-refractivity contribution in [3.63, 3.8) is 0 Å². The summed E-state index contributed by atoms with van der Waals surface area (Å²) in [7, 11) is 0. The molecule has 0 saturated carbocycles. The van der Waals surface area contributed by atoms with Gasteiger partial charge in [-0.05, 0) is 37.1 Å². The van der Waals surface area contributed by atoms with Crippen LogP contribution in [0.25, 0.3) is 0 Å². The monoisotopic (exact) mass is 356 g/mol. The molecule has 6 heteroatoms. The van der Waals surface area contributed by atoms with Crippen molar-refractivity contribution < 1.29 is 18.7 Å². The summed E-state index contributed by atoms with van der Waals surface area (Å²) >= 11 is 0. The molecule has 2 aromatic carbocycles. The third kappa shape index (κ3) is 3.58. The van der Waals surface area contributed by atoms with Crippen LogP contribution in [0.15, 0.2) is 36.4 Å². The molecule has 1 aliphatic heterocycles. The number of hydrogen-bond donors (Lipinski definition) is 1. The number of carbonyl (C=O) groups excluding carboxylic acids is 1. The minimum Gasteiger partial charge on any atom is -0.392 e. The van der Waals surface area contributed by atoms with Gasteiger partial charge in [-0.15, -0.1) is 0 Å². The molecule has 4 nitrogen and oxygen atoms in total. The van der Waals surface area contributed by atoms with Crippen molar-refractivity contribution >= 4 is 11.5 Å². The van der Waals surface area contributed by atoms with Gasteiger partial charge in [0.05, 0.1) is 23.9 Å². The van der Waals surface area contributed by atoms with Crippen LogP contribution in [0, 0.1) is 28.9 Å². The average molecular weight is 356 g/mol. The molecule has 0 bridgehead atoms. The number of nitriles is 1. The van der Waals surface area contributed by atoms with E-state index >= 15 is 0 Å². The smallest absolute Gasteiger partial charge is 0.166 e. The molecule has 0 spiro atoms. The normalized spacial score (nSPS) is 14.9. The molecule has 0 aromatic heterocycles. The minimum atomic E-state index is -0.588. The molecule has 0 atom stereocenters. The molecule has 1 saturated heterocycles. The van der Waals surface area contributed by atoms with Gasteiger partial charge in [-0.2, -0.15) is 5.26 Å². The molecule has 0 radical (unpaired) electrons. The average Bonchev–Trinajstić information content (AvgIpc) is 2.67. The maximum absolute atomic E-state index is 14.1. The minimum absolute atomic E-state index is 0.131. The highest BCUT2D eigenvalue weighted by Gasteiger charge is 2.27. The number of Topliss-reactive ketones (excluding diaryl/α,β-unsaturated/α-hetero) is 1. The Hall–Kier alpha value is -2.78. The van der Waals surface area contributed by atoms with Crippen molar-refractivity contribution in [1.82, 2.24) is 0 Å². The number of hydrogen-bond acceptors (Lipinski definition) is 4. The molecular formula is C20H18F2N2O2. The Labute approximate surface area is 150 Å². The van der Waals surface area contributed by atoms with Gasteiger partial charge in [0.15, 0.2) is 5.78 Å². The highest BCUT2D eigenvalue weighted by atomic mass is 19.1. The van der Waals surface area contributed by atoms with E-state index in [9.17, 15) is 13.6 Å². The van der Waals surface area contributed by atoms with Gasteiger partial charge < -0.3 is 10.0 Å². The number of nitrogens with zero attached hydrogens (tertiary/aromatic N) is 2. The molecule has 2 aromatic rings. The predicted molar refractivity (Wildman–Crippen MR) is 92.7 cm³/mol. The Morgan fingerprint density at radius 1 is 1.15 bits per heavy atom. The molecule has 134 valence electrons. The van der Waals surface area contributed by atoms with Gasteiger partial charge >= 0.3 is 0 Å². The van der Waals surface area contributed by atoms with Crippen molar-refractivity contribution in [2.24, 2.45) is 5.92 Å². The van der Waals surface area contributed by atoms with E-state index in [1.54, 1.807) is 12.1 Å². The summed E-state index contributed by atoms with van der Waals surface area (Å²) in [5.41, 5.74) is 1.15. The zero-order valence-electron chi connectivity index (χ0n) is 14.1. The highest BCUT2D eigenvalue weighted by molar-refractivity contribution is 5.98. The van der Waals surface area contributed by atoms with Crippen molar-refractivity contribution in [3.05, 3.63) is 64.7 Å². The summed E-state index contributed by atoms with van der Waals surface area (Å²) in [6.45, 7) is 0.613. The Bertz CT molecular complexity index is 869. The van der Waals surface area contributed by atoms with Gasteiger partial charge in [0, 0.05) is 30.1 Å². The first-order chi connectivity index (χ1) is 12.5. The molecule has 1 N–H and O–H groups in total. The Morgan fingerprint density at radius 2 is 1.88 bits per heavy atom. The number of halogens is 2. The van der Waals surface area contributed by atoms with Crippen LogP contribution >= 0.6 is 0 Å². The maximum Gasteiger partial charge on any atom is 0.166 e. The molecule has 0 amide bonds. The van der Waals surface area contributed by atoms with E-state index in [1.165, 1.54) is 24.3 Å². The number of ketones is 1. The van der Waals surface area contributed by atoms with E-state index in [-0.39, 0.29) is 22.8 Å². The molecule has 3 rings (SSSR count). The second-order valence-electron chi connectivity index (χ2n) is 6.37. The molecule has 0 unspecified atom stereocenters. The van der Waals surface area contributed by atoms with Crippen LogP contribution in [0.3, 0.4) is 0 Å². The second kappa shape index (κ2) is 7.63. The zero-order chi connectivity index (χ0) is 18.7. The summed E-state index contributed by atoms with van der Waals surface area (Å²) in [6, 6.07) is 10.4. The molecule has 1 fully saturated rings. The van der Waals surface area contributed by atoms with Gasteiger partial charge in [-0.1, -0.05) is 12.1 Å². The van der Waals surface area contributed by atoms with Crippen LogP contribution in [0.5, 0.6) is 0 Å². The summed E-state index contributed by atoms with van der Waals surface area (Å²) in [6.07, 6.45) is 1.09. The first-order valence-corrected chi connectivity index (χ1v) is 8.41. The Morgan fingerprint density at radius 3 is 2.46 bits per heavy atom. The lowest BCUT2D eigenvalue weighted by molar-refractivity contribution is 0.0900. The quantitative estimate of drug-likeness (QED) is 0.853. The summed E-state index contributed by atoms with van der Waals surface area (Å²) in [5, 5.41) is 17.8. The van der Waals surface area contributed by atoms with Gasteiger partial charge in [-0.25, -0.2) is 8.78 Å². The van der Waals surface area contributed by atoms with Gasteiger partial charge in [0.1, 0.15) is 11.6 Å². The fourth-order valence-corrected chi connectivity index (χ4v) is 3.28. The van der Waals surface area contributed by atoms with Crippen LogP contribution in [0.2, 0.25) is 0 Å². The second-order valence-corrected chi connectivity index (χ2v) is 6.37. The number of aliphatic hydroxyl groups is 1. The Balaban J connectivity index is 1.67. The highest BCUT2D eigenvalue weighted by Crippen LogP contribution is 2.28. The third-order valence-corrected chi connectivity index (χ3v) is 4.79. The predicted octanol–water partition coefficient (Wildman–Crippen LogP) is 3.43. The number of piperidine rings is 1. The lowest BCUT2D eigenvalue weighted by atomic mass is 9.88. The van der Waals surface area contributed by atoms with E-state index in [4.69, 9.17) is 10.4 Å². The molecule has 1 aliphatic rings. The fourth-order valence-electron chi connectivity index (χ4n) is 3.28. The van der Waals surface area contributed by atoms with Crippen LogP contribution in [-0.4, -0.2) is 24.0 Å². The molecular weight excluding hydrogens is 338 g/mol. The third-order valence-electron chi connectivity index (χ3n) is 4.79. The van der Waals surface area contributed by atoms with E-state index in [0.29, 0.717) is 37.2 Å². The van der Waals surface area contributed by atoms with E-state index in [0.717, 1.165) is 0 Å². The number of rotatable bonds is 4. The number of anilines is 1. The van der Waals surface area contributed by atoms with E-state index in [2.05, 4.69) is 0 Å². The SMILES string of the molecule is N#Cc1ccc(N2CCC(C(=O)c3ccc(CO)c(F)c3)CC2)c(F)c1. The lowest BCUT2D eigenvalue weighted by Gasteiger charge is -2.33. The molecule has 0 aliphatic carbocycles. The lowest BCUT2D eigenvalue weighted by Crippen LogP contribution is -2.36. The topological polar surface area (TPSA) is 64.3 Å². The van der Waals surface area contributed by atoms with Crippen molar-refractivity contribution in [2.45, 2.75) is 19.4 Å². The van der Waals surface area contributed by atoms with Crippen LogP contribution < -0.4 is 4.90 Å². The van der Waals surface area contributed by atoms with Gasteiger partial charge in [-0.3, -0.25) is 4.79 Å².